The first-order valence-electron chi connectivity index (χ1n) is 12.0. The highest BCUT2D eigenvalue weighted by molar-refractivity contribution is 5.88. The van der Waals surface area contributed by atoms with Crippen molar-refractivity contribution in [2.75, 3.05) is 39.5 Å². The summed E-state index contributed by atoms with van der Waals surface area (Å²) in [5.41, 5.74) is 3.03. The maximum absolute atomic E-state index is 14.1. The number of aromatic nitrogens is 1. The molecule has 1 amide bonds. The minimum atomic E-state index is -0.512. The summed E-state index contributed by atoms with van der Waals surface area (Å²) in [6, 6.07) is 16.9. The van der Waals surface area contributed by atoms with Crippen molar-refractivity contribution in [3.63, 3.8) is 0 Å². The van der Waals surface area contributed by atoms with Crippen molar-refractivity contribution in [2.24, 2.45) is 5.92 Å². The molecule has 5 rings (SSSR count). The number of fused-ring (bicyclic) bond motifs is 1. The zero-order chi connectivity index (χ0) is 22.7. The Morgan fingerprint density at radius 1 is 1.03 bits per heavy atom. The van der Waals surface area contributed by atoms with Gasteiger partial charge in [0.25, 0.3) is 0 Å². The van der Waals surface area contributed by atoms with Gasteiger partial charge >= 0.3 is 0 Å². The van der Waals surface area contributed by atoms with Gasteiger partial charge in [-0.25, -0.2) is 0 Å². The first kappa shape index (κ1) is 22.1. The van der Waals surface area contributed by atoms with E-state index in [1.54, 1.807) is 0 Å². The number of ether oxygens (including phenoxy) is 2. The van der Waals surface area contributed by atoms with Gasteiger partial charge in [-0.2, -0.15) is 0 Å². The van der Waals surface area contributed by atoms with Gasteiger partial charge in [0.15, 0.2) is 0 Å². The highest BCUT2D eigenvalue weighted by Crippen LogP contribution is 2.37. The predicted molar refractivity (Wildman–Crippen MR) is 129 cm³/mol. The van der Waals surface area contributed by atoms with Crippen LogP contribution in [0.1, 0.15) is 29.5 Å². The second kappa shape index (κ2) is 9.62. The van der Waals surface area contributed by atoms with Crippen molar-refractivity contribution >= 4 is 16.7 Å². The maximum atomic E-state index is 14.1. The lowest BCUT2D eigenvalue weighted by Gasteiger charge is -2.40. The molecule has 2 aliphatic rings. The molecule has 33 heavy (non-hydrogen) atoms. The van der Waals surface area contributed by atoms with Crippen LogP contribution in [0.2, 0.25) is 0 Å². The van der Waals surface area contributed by atoms with Crippen molar-refractivity contribution in [3.05, 3.63) is 77.6 Å². The molecule has 2 aromatic carbocycles. The average molecular weight is 445 g/mol. The summed E-state index contributed by atoms with van der Waals surface area (Å²) in [5.74, 6) is 0.458. The van der Waals surface area contributed by atoms with Gasteiger partial charge in [-0.05, 0) is 42.7 Å². The second-order valence-corrected chi connectivity index (χ2v) is 9.48. The highest BCUT2D eigenvalue weighted by atomic mass is 16.5. The van der Waals surface area contributed by atoms with Crippen molar-refractivity contribution in [2.45, 2.75) is 31.6 Å². The van der Waals surface area contributed by atoms with Gasteiger partial charge in [-0.3, -0.25) is 9.78 Å². The van der Waals surface area contributed by atoms with E-state index in [9.17, 15) is 4.79 Å². The summed E-state index contributed by atoms with van der Waals surface area (Å²) in [6.45, 7) is 5.91. The van der Waals surface area contributed by atoms with E-state index in [1.807, 2.05) is 18.5 Å². The second-order valence-electron chi connectivity index (χ2n) is 9.48. The lowest BCUT2D eigenvalue weighted by Crippen LogP contribution is -2.51. The number of benzene rings is 2. The molecule has 0 bridgehead atoms. The van der Waals surface area contributed by atoms with Crippen LogP contribution in [0.3, 0.4) is 0 Å². The van der Waals surface area contributed by atoms with Crippen LogP contribution < -0.4 is 0 Å². The maximum Gasteiger partial charge on any atom is 0.233 e. The zero-order valence-electron chi connectivity index (χ0n) is 19.3. The fraction of sp³-hybridized carbons (Fsp3) is 0.429. The quantitative estimate of drug-likeness (QED) is 0.602. The molecule has 0 radical (unpaired) electrons. The van der Waals surface area contributed by atoms with E-state index in [2.05, 4.69) is 59.3 Å². The van der Waals surface area contributed by atoms with Gasteiger partial charge in [-0.15, -0.1) is 0 Å². The van der Waals surface area contributed by atoms with Gasteiger partial charge in [0.05, 0.1) is 18.6 Å². The fourth-order valence-corrected chi connectivity index (χ4v) is 5.36. The average Bonchev–Trinajstić information content (AvgIpc) is 3.10. The topological polar surface area (TPSA) is 51.7 Å². The van der Waals surface area contributed by atoms with E-state index in [0.29, 0.717) is 39.5 Å². The van der Waals surface area contributed by atoms with Crippen LogP contribution in [0.15, 0.2) is 60.9 Å². The molecule has 2 aliphatic heterocycles. The molecule has 1 atom stereocenters. The van der Waals surface area contributed by atoms with Crippen LogP contribution in [0.25, 0.3) is 10.8 Å². The first-order chi connectivity index (χ1) is 16.2. The van der Waals surface area contributed by atoms with E-state index >= 15 is 0 Å². The molecule has 3 heterocycles. The van der Waals surface area contributed by atoms with Gasteiger partial charge in [0, 0.05) is 50.0 Å². The van der Waals surface area contributed by atoms with E-state index < -0.39 is 5.41 Å². The monoisotopic (exact) mass is 444 g/mol. The van der Waals surface area contributed by atoms with E-state index in [1.165, 1.54) is 16.5 Å². The Labute approximate surface area is 195 Å². The molecule has 0 unspecified atom stereocenters. The standard InChI is InChI=1S/C28H32N2O3/c1-21-6-8-25(9-7-21)28(10-13-32-14-11-28)27(31)30-12-15-33-20-22(19-30)16-24-18-29-17-23-4-2-3-5-26(23)24/h2-9,17-18,22H,10-16,19-20H2,1H3/t22-/m1/s1. The number of carbonyl (C=O) groups is 1. The molecule has 0 spiro atoms. The van der Waals surface area contributed by atoms with Crippen LogP contribution in [0.5, 0.6) is 0 Å². The van der Waals surface area contributed by atoms with Crippen LogP contribution in [0.4, 0.5) is 0 Å². The number of hydrogen-bond acceptors (Lipinski definition) is 4. The Balaban J connectivity index is 1.40. The Morgan fingerprint density at radius 2 is 1.82 bits per heavy atom. The number of nitrogens with zero attached hydrogens (tertiary/aromatic N) is 2. The molecule has 0 N–H and O–H groups in total. The van der Waals surface area contributed by atoms with E-state index in [4.69, 9.17) is 9.47 Å². The fourth-order valence-electron chi connectivity index (χ4n) is 5.36. The van der Waals surface area contributed by atoms with E-state index in [0.717, 1.165) is 30.2 Å². The van der Waals surface area contributed by atoms with Crippen LogP contribution in [0, 0.1) is 12.8 Å². The third-order valence-electron chi connectivity index (χ3n) is 7.24. The molecule has 0 aliphatic carbocycles. The summed E-state index contributed by atoms with van der Waals surface area (Å²) < 4.78 is 11.6. The highest BCUT2D eigenvalue weighted by Gasteiger charge is 2.44. The van der Waals surface area contributed by atoms with Gasteiger partial charge < -0.3 is 14.4 Å². The number of aryl methyl sites for hydroxylation is 1. The Kier molecular flexibility index (Phi) is 6.43. The van der Waals surface area contributed by atoms with Crippen LogP contribution in [-0.2, 0) is 26.1 Å². The number of hydrogen-bond donors (Lipinski definition) is 0. The van der Waals surface area contributed by atoms with Crippen molar-refractivity contribution < 1.29 is 14.3 Å². The Hall–Kier alpha value is -2.76. The molecule has 3 aromatic rings. The molecule has 1 aromatic heterocycles. The lowest BCUT2D eigenvalue weighted by molar-refractivity contribution is -0.141. The SMILES string of the molecule is Cc1ccc(C2(C(=O)N3CCOC[C@H](Cc4cncc5ccccc45)C3)CCOCC2)cc1. The van der Waals surface area contributed by atoms with Gasteiger partial charge in [0.2, 0.25) is 5.91 Å². The van der Waals surface area contributed by atoms with Gasteiger partial charge in [0.1, 0.15) is 0 Å². The third kappa shape index (κ3) is 4.53. The normalized spacial score (nSPS) is 21.0. The summed E-state index contributed by atoms with van der Waals surface area (Å²) in [7, 11) is 0. The van der Waals surface area contributed by atoms with Gasteiger partial charge in [-0.1, -0.05) is 54.1 Å². The largest absolute Gasteiger partial charge is 0.381 e. The number of carbonyl (C=O) groups excluding carboxylic acids is 1. The Bertz CT molecular complexity index is 1100. The van der Waals surface area contributed by atoms with Crippen LogP contribution >= 0.6 is 0 Å². The van der Waals surface area contributed by atoms with Crippen molar-refractivity contribution in [3.8, 4) is 0 Å². The van der Waals surface area contributed by atoms with E-state index in [-0.39, 0.29) is 11.8 Å². The molecular weight excluding hydrogens is 412 g/mol. The smallest absolute Gasteiger partial charge is 0.233 e. The molecule has 2 fully saturated rings. The first-order valence-corrected chi connectivity index (χ1v) is 12.0. The molecular formula is C28H32N2O3. The minimum Gasteiger partial charge on any atom is -0.381 e. The minimum absolute atomic E-state index is 0.223. The summed E-state index contributed by atoms with van der Waals surface area (Å²) in [5, 5.41) is 2.38. The molecule has 2 saturated heterocycles. The third-order valence-corrected chi connectivity index (χ3v) is 7.24. The zero-order valence-corrected chi connectivity index (χ0v) is 19.3. The summed E-state index contributed by atoms with van der Waals surface area (Å²) >= 11 is 0. The molecule has 5 heteroatoms. The van der Waals surface area contributed by atoms with Crippen molar-refractivity contribution in [1.82, 2.24) is 9.88 Å². The number of amides is 1. The molecule has 0 saturated carbocycles. The summed E-state index contributed by atoms with van der Waals surface area (Å²) in [4.78, 5) is 20.6. The Morgan fingerprint density at radius 3 is 2.64 bits per heavy atom. The van der Waals surface area contributed by atoms with Crippen molar-refractivity contribution in [1.29, 1.82) is 0 Å². The molecule has 5 nitrogen and oxygen atoms in total. The van der Waals surface area contributed by atoms with Crippen LogP contribution in [-0.4, -0.2) is 55.3 Å². The predicted octanol–water partition coefficient (Wildman–Crippen LogP) is 4.31. The molecule has 172 valence electrons. The summed E-state index contributed by atoms with van der Waals surface area (Å²) in [6.07, 6.45) is 6.17. The number of pyridine rings is 1. The lowest BCUT2D eigenvalue weighted by atomic mass is 9.72. The number of rotatable bonds is 4.